The summed E-state index contributed by atoms with van der Waals surface area (Å²) < 4.78 is 13.5. The molecule has 1 aromatic carbocycles. The SMILES string of the molecule is CN1CC[C@]2(c3ccc4c(c3)S[C@@H](F)S4)CCC(=O)C[C@H]12. The summed E-state index contributed by atoms with van der Waals surface area (Å²) in [5.41, 5.74) is 1.41. The molecule has 2 heterocycles. The van der Waals surface area contributed by atoms with Gasteiger partial charge in [-0.25, -0.2) is 4.39 Å². The minimum atomic E-state index is -0.872. The number of hydrogen-bond acceptors (Lipinski definition) is 4. The van der Waals surface area contributed by atoms with Gasteiger partial charge >= 0.3 is 0 Å². The third-order valence-electron chi connectivity index (χ3n) is 5.31. The van der Waals surface area contributed by atoms with Crippen LogP contribution in [0.25, 0.3) is 0 Å². The van der Waals surface area contributed by atoms with E-state index in [1.54, 1.807) is 0 Å². The van der Waals surface area contributed by atoms with Gasteiger partial charge in [-0.15, -0.1) is 0 Å². The highest BCUT2D eigenvalue weighted by atomic mass is 32.2. The zero-order valence-corrected chi connectivity index (χ0v) is 13.6. The van der Waals surface area contributed by atoms with E-state index < -0.39 is 4.84 Å². The van der Waals surface area contributed by atoms with Crippen LogP contribution >= 0.6 is 23.5 Å². The van der Waals surface area contributed by atoms with E-state index in [1.807, 2.05) is 0 Å². The Morgan fingerprint density at radius 1 is 1.29 bits per heavy atom. The zero-order chi connectivity index (χ0) is 14.6. The topological polar surface area (TPSA) is 20.3 Å². The van der Waals surface area contributed by atoms with Gasteiger partial charge in [-0.2, -0.15) is 0 Å². The molecule has 5 heteroatoms. The molecule has 1 saturated heterocycles. The van der Waals surface area contributed by atoms with Crippen LogP contribution in [0, 0.1) is 0 Å². The molecule has 4 rings (SSSR count). The highest BCUT2D eigenvalue weighted by molar-refractivity contribution is 8.19. The first kappa shape index (κ1) is 14.1. The van der Waals surface area contributed by atoms with E-state index in [-0.39, 0.29) is 5.41 Å². The second-order valence-corrected chi connectivity index (χ2v) is 8.79. The van der Waals surface area contributed by atoms with E-state index >= 15 is 0 Å². The molecule has 0 bridgehead atoms. The summed E-state index contributed by atoms with van der Waals surface area (Å²) in [6.45, 7) is 1.04. The number of nitrogens with zero attached hydrogens (tertiary/aromatic N) is 1. The van der Waals surface area contributed by atoms with Crippen molar-refractivity contribution in [1.82, 2.24) is 4.90 Å². The molecule has 112 valence electrons. The molecule has 2 fully saturated rings. The number of likely N-dealkylation sites (tertiary alicyclic amines) is 1. The fraction of sp³-hybridized carbons (Fsp3) is 0.562. The van der Waals surface area contributed by atoms with Gasteiger partial charge in [-0.05, 0) is 44.1 Å². The van der Waals surface area contributed by atoms with E-state index in [9.17, 15) is 9.18 Å². The van der Waals surface area contributed by atoms with Crippen molar-refractivity contribution in [3.8, 4) is 0 Å². The van der Waals surface area contributed by atoms with Gasteiger partial charge in [0.05, 0.1) is 0 Å². The first-order valence-corrected chi connectivity index (χ1v) is 9.18. The van der Waals surface area contributed by atoms with E-state index in [0.717, 1.165) is 29.2 Å². The van der Waals surface area contributed by atoms with Gasteiger partial charge in [0.1, 0.15) is 5.78 Å². The predicted molar refractivity (Wildman–Crippen MR) is 84.6 cm³/mol. The molecule has 0 unspecified atom stereocenters. The lowest BCUT2D eigenvalue weighted by Crippen LogP contribution is -2.46. The summed E-state index contributed by atoms with van der Waals surface area (Å²) >= 11 is 2.62. The Morgan fingerprint density at radius 2 is 2.10 bits per heavy atom. The van der Waals surface area contributed by atoms with Gasteiger partial charge < -0.3 is 4.90 Å². The van der Waals surface area contributed by atoms with Crippen molar-refractivity contribution in [2.75, 3.05) is 13.6 Å². The number of alkyl halides is 1. The molecule has 1 aromatic rings. The fourth-order valence-electron chi connectivity index (χ4n) is 4.16. The van der Waals surface area contributed by atoms with E-state index in [1.165, 1.54) is 29.1 Å². The monoisotopic (exact) mass is 323 g/mol. The van der Waals surface area contributed by atoms with E-state index in [2.05, 4.69) is 30.1 Å². The Bertz CT molecular complexity index is 608. The van der Waals surface area contributed by atoms with Crippen LogP contribution in [0.2, 0.25) is 0 Å². The summed E-state index contributed by atoms with van der Waals surface area (Å²) in [5.74, 6) is 0.388. The number of hydrogen-bond donors (Lipinski definition) is 0. The summed E-state index contributed by atoms with van der Waals surface area (Å²) in [6.07, 6.45) is 3.41. The molecule has 0 amide bonds. The second-order valence-electron chi connectivity index (χ2n) is 6.32. The van der Waals surface area contributed by atoms with Crippen LogP contribution in [-0.2, 0) is 10.2 Å². The standard InChI is InChI=1S/C16H18FNOS2/c1-18-7-6-16(5-4-11(19)9-14(16)18)10-2-3-12-13(8-10)21-15(17)20-12/h2-3,8,14-15H,4-7,9H2,1H3/t14-,15-,16-/m0/s1. The van der Waals surface area contributed by atoms with Crippen LogP contribution in [0.1, 0.15) is 31.2 Å². The van der Waals surface area contributed by atoms with Crippen molar-refractivity contribution in [1.29, 1.82) is 0 Å². The van der Waals surface area contributed by atoms with Gasteiger partial charge in [-0.3, -0.25) is 4.79 Å². The van der Waals surface area contributed by atoms with Crippen LogP contribution in [0.3, 0.4) is 0 Å². The minimum Gasteiger partial charge on any atom is -0.302 e. The molecular formula is C16H18FNOS2. The van der Waals surface area contributed by atoms with Gasteiger partial charge in [0.2, 0.25) is 4.84 Å². The molecule has 21 heavy (non-hydrogen) atoms. The number of carbonyl (C=O) groups excluding carboxylic acids is 1. The number of Topliss-reactive ketones (excluding diaryl/α,β-unsaturated/α-hetero) is 1. The molecule has 0 radical (unpaired) electrons. The van der Waals surface area contributed by atoms with Crippen molar-refractivity contribution in [2.24, 2.45) is 0 Å². The molecular weight excluding hydrogens is 305 g/mol. The first-order valence-electron chi connectivity index (χ1n) is 7.42. The number of benzene rings is 1. The van der Waals surface area contributed by atoms with Gasteiger partial charge in [0.15, 0.2) is 0 Å². The minimum absolute atomic E-state index is 0.0946. The molecule has 3 atom stereocenters. The number of carbonyl (C=O) groups is 1. The zero-order valence-electron chi connectivity index (χ0n) is 12.0. The predicted octanol–water partition coefficient (Wildman–Crippen LogP) is 3.83. The van der Waals surface area contributed by atoms with Gasteiger partial charge in [0, 0.05) is 34.1 Å². The Morgan fingerprint density at radius 3 is 2.95 bits per heavy atom. The second kappa shape index (κ2) is 5.00. The van der Waals surface area contributed by atoms with Crippen molar-refractivity contribution >= 4 is 29.3 Å². The average Bonchev–Trinajstić information content (AvgIpc) is 2.99. The van der Waals surface area contributed by atoms with E-state index in [0.29, 0.717) is 24.7 Å². The Labute approximate surface area is 132 Å². The maximum Gasteiger partial charge on any atom is 0.200 e. The van der Waals surface area contributed by atoms with Crippen molar-refractivity contribution < 1.29 is 9.18 Å². The third kappa shape index (κ3) is 2.16. The molecule has 0 spiro atoms. The third-order valence-corrected chi connectivity index (χ3v) is 7.59. The number of thioether (sulfide) groups is 2. The summed E-state index contributed by atoms with van der Waals surface area (Å²) in [4.78, 5) is 15.5. The highest BCUT2D eigenvalue weighted by Crippen LogP contribution is 2.52. The largest absolute Gasteiger partial charge is 0.302 e. The Kier molecular flexibility index (Phi) is 3.36. The lowest BCUT2D eigenvalue weighted by atomic mass is 9.66. The molecule has 1 saturated carbocycles. The number of ketones is 1. The Hall–Kier alpha value is -0.520. The van der Waals surface area contributed by atoms with Gasteiger partial charge in [0.25, 0.3) is 0 Å². The highest BCUT2D eigenvalue weighted by Gasteiger charge is 2.50. The molecule has 0 N–H and O–H groups in total. The number of fused-ring (bicyclic) bond motifs is 2. The van der Waals surface area contributed by atoms with Crippen molar-refractivity contribution in [3.05, 3.63) is 23.8 Å². The maximum atomic E-state index is 13.5. The number of likely N-dealkylation sites (N-methyl/N-ethyl adjacent to an activating group) is 1. The fourth-order valence-corrected chi connectivity index (χ4v) is 6.36. The summed E-state index contributed by atoms with van der Waals surface area (Å²) in [7, 11) is 2.13. The molecule has 3 aliphatic rings. The van der Waals surface area contributed by atoms with E-state index in [4.69, 9.17) is 0 Å². The van der Waals surface area contributed by atoms with Crippen LogP contribution in [-0.4, -0.2) is 35.2 Å². The van der Waals surface area contributed by atoms with Crippen LogP contribution in [0.5, 0.6) is 0 Å². The average molecular weight is 323 g/mol. The Balaban J connectivity index is 1.75. The first-order chi connectivity index (χ1) is 10.1. The normalized spacial score (nSPS) is 35.8. The van der Waals surface area contributed by atoms with Crippen LogP contribution in [0.4, 0.5) is 4.39 Å². The van der Waals surface area contributed by atoms with Crippen molar-refractivity contribution in [2.45, 2.75) is 51.8 Å². The molecule has 2 aliphatic heterocycles. The number of rotatable bonds is 1. The van der Waals surface area contributed by atoms with Crippen LogP contribution < -0.4 is 0 Å². The number of halogens is 1. The maximum absolute atomic E-state index is 13.5. The lowest BCUT2D eigenvalue weighted by Gasteiger charge is -2.41. The van der Waals surface area contributed by atoms with Gasteiger partial charge in [-0.1, -0.05) is 29.6 Å². The lowest BCUT2D eigenvalue weighted by molar-refractivity contribution is -0.122. The summed E-state index contributed by atoms with van der Waals surface area (Å²) in [5, 5.41) is 0. The molecule has 0 aromatic heterocycles. The van der Waals surface area contributed by atoms with Crippen LogP contribution in [0.15, 0.2) is 28.0 Å². The molecule has 2 nitrogen and oxygen atoms in total. The quantitative estimate of drug-likeness (QED) is 0.782. The van der Waals surface area contributed by atoms with Crippen molar-refractivity contribution in [3.63, 3.8) is 0 Å². The smallest absolute Gasteiger partial charge is 0.200 e. The summed E-state index contributed by atoms with van der Waals surface area (Å²) in [6, 6.07) is 6.75. The molecule has 1 aliphatic carbocycles.